The molecule has 0 N–H and O–H groups in total. The predicted molar refractivity (Wildman–Crippen MR) is 109 cm³/mol. The van der Waals surface area contributed by atoms with Crippen LogP contribution in [0.2, 0.25) is 0 Å². The van der Waals surface area contributed by atoms with Crippen LogP contribution in [0.25, 0.3) is 0 Å². The van der Waals surface area contributed by atoms with Crippen molar-refractivity contribution in [2.75, 3.05) is 32.3 Å². The van der Waals surface area contributed by atoms with Gasteiger partial charge in [-0.3, -0.25) is 4.79 Å². The number of carbonyl (C=O) groups is 1. The average Bonchev–Trinajstić information content (AvgIpc) is 2.72. The van der Waals surface area contributed by atoms with Crippen LogP contribution in [0.3, 0.4) is 0 Å². The highest BCUT2D eigenvalue weighted by atomic mass is 32.2. The van der Waals surface area contributed by atoms with Crippen molar-refractivity contribution in [3.63, 3.8) is 0 Å². The molecule has 29 heavy (non-hydrogen) atoms. The van der Waals surface area contributed by atoms with E-state index in [1.54, 1.807) is 32.0 Å². The van der Waals surface area contributed by atoms with Crippen LogP contribution in [0, 0.1) is 5.82 Å². The monoisotopic (exact) mass is 417 g/mol. The van der Waals surface area contributed by atoms with Crippen molar-refractivity contribution < 1.29 is 23.4 Å². The quantitative estimate of drug-likeness (QED) is 0.739. The van der Waals surface area contributed by atoms with E-state index in [-0.39, 0.29) is 11.7 Å². The average molecular weight is 418 g/mol. The van der Waals surface area contributed by atoms with E-state index in [0.717, 1.165) is 21.0 Å². The molecular weight excluding hydrogens is 393 g/mol. The van der Waals surface area contributed by atoms with Crippen molar-refractivity contribution in [1.29, 1.82) is 0 Å². The molecule has 4 rings (SSSR count). The molecule has 1 fully saturated rings. The first-order valence-corrected chi connectivity index (χ1v) is 10.4. The number of rotatable bonds is 4. The van der Waals surface area contributed by atoms with Gasteiger partial charge in [-0.25, -0.2) is 4.39 Å². The molecule has 1 atom stereocenters. The van der Waals surface area contributed by atoms with Gasteiger partial charge >= 0.3 is 0 Å². The summed E-state index contributed by atoms with van der Waals surface area (Å²) < 4.78 is 31.5. The number of hydrogen-bond donors (Lipinski definition) is 0. The first kappa shape index (κ1) is 20.2. The van der Waals surface area contributed by atoms with Gasteiger partial charge in [0.15, 0.2) is 6.10 Å². The number of halogens is 1. The Morgan fingerprint density at radius 2 is 1.93 bits per heavy atom. The molecule has 0 unspecified atom stereocenters. The molecule has 2 aliphatic rings. The molecular formula is C22H24FNO4S. The van der Waals surface area contributed by atoms with Crippen LogP contribution in [-0.4, -0.2) is 39.4 Å². The van der Waals surface area contributed by atoms with Crippen molar-refractivity contribution in [2.45, 2.75) is 41.3 Å². The molecule has 0 aromatic heterocycles. The Morgan fingerprint density at radius 3 is 2.66 bits per heavy atom. The summed E-state index contributed by atoms with van der Waals surface area (Å²) in [5.41, 5.74) is 1.05. The zero-order valence-corrected chi connectivity index (χ0v) is 17.6. The maximum Gasteiger partial charge on any atom is 0.267 e. The fraction of sp³-hybridized carbons (Fsp3) is 0.409. The highest BCUT2D eigenvalue weighted by Gasteiger charge is 2.35. The third-order valence-corrected chi connectivity index (χ3v) is 6.56. The molecule has 5 nitrogen and oxygen atoms in total. The third-order valence-electron chi connectivity index (χ3n) is 5.60. The first-order chi connectivity index (χ1) is 13.9. The van der Waals surface area contributed by atoms with Crippen LogP contribution in [0.5, 0.6) is 5.75 Å². The second-order valence-corrected chi connectivity index (χ2v) is 8.52. The molecule has 0 bridgehead atoms. The summed E-state index contributed by atoms with van der Waals surface area (Å²) in [4.78, 5) is 15.4. The summed E-state index contributed by atoms with van der Waals surface area (Å²) in [6, 6.07) is 10.7. The Morgan fingerprint density at radius 1 is 1.17 bits per heavy atom. The standard InChI is InChI=1S/C22H24FNO4S/c1-14-21(25)24(2)19-5-4-17(13-20(19)28-14)29-18-11-15(10-16(23)12-18)22(26-3)6-8-27-9-7-22/h4-5,10-14H,6-9H2,1-3H3/t14-/m1/s1. The molecule has 2 aromatic rings. The van der Waals surface area contributed by atoms with Gasteiger partial charge in [-0.05, 0) is 48.9 Å². The lowest BCUT2D eigenvalue weighted by Crippen LogP contribution is -2.41. The third kappa shape index (κ3) is 3.86. The van der Waals surface area contributed by atoms with E-state index in [4.69, 9.17) is 14.2 Å². The lowest BCUT2D eigenvalue weighted by Gasteiger charge is -2.36. The molecule has 1 amide bonds. The number of ether oxygens (including phenoxy) is 3. The Hall–Kier alpha value is -2.09. The second-order valence-electron chi connectivity index (χ2n) is 7.38. The largest absolute Gasteiger partial charge is 0.479 e. The van der Waals surface area contributed by atoms with Crippen molar-refractivity contribution >= 4 is 23.4 Å². The van der Waals surface area contributed by atoms with Gasteiger partial charge in [0.2, 0.25) is 0 Å². The Bertz CT molecular complexity index is 929. The fourth-order valence-electron chi connectivity index (χ4n) is 3.89. The molecule has 2 heterocycles. The van der Waals surface area contributed by atoms with Gasteiger partial charge in [-0.15, -0.1) is 0 Å². The van der Waals surface area contributed by atoms with Crippen molar-refractivity contribution in [2.24, 2.45) is 0 Å². The summed E-state index contributed by atoms with van der Waals surface area (Å²) in [6.07, 6.45) is 0.868. The summed E-state index contributed by atoms with van der Waals surface area (Å²) >= 11 is 1.45. The zero-order chi connectivity index (χ0) is 20.6. The smallest absolute Gasteiger partial charge is 0.267 e. The van der Waals surface area contributed by atoms with Crippen LogP contribution in [0.4, 0.5) is 10.1 Å². The SMILES string of the molecule is COC1(c2cc(F)cc(Sc3ccc4c(c3)O[C@H](C)C(=O)N4C)c2)CCOCC1. The van der Waals surface area contributed by atoms with Gasteiger partial charge in [0.05, 0.1) is 11.3 Å². The summed E-state index contributed by atoms with van der Waals surface area (Å²) in [5.74, 6) is 0.286. The van der Waals surface area contributed by atoms with Gasteiger partial charge in [-0.2, -0.15) is 0 Å². The predicted octanol–water partition coefficient (Wildman–Crippen LogP) is 4.37. The van der Waals surface area contributed by atoms with Gasteiger partial charge in [0.1, 0.15) is 11.6 Å². The molecule has 2 aliphatic heterocycles. The maximum atomic E-state index is 14.4. The normalized spacial score (nSPS) is 20.9. The molecule has 7 heteroatoms. The maximum absolute atomic E-state index is 14.4. The van der Waals surface area contributed by atoms with Gasteiger partial charge in [0.25, 0.3) is 5.91 Å². The van der Waals surface area contributed by atoms with Crippen molar-refractivity contribution in [3.05, 3.63) is 47.8 Å². The van der Waals surface area contributed by atoms with Crippen LogP contribution in [-0.2, 0) is 19.9 Å². The van der Waals surface area contributed by atoms with Crippen molar-refractivity contribution in [3.8, 4) is 5.75 Å². The number of anilines is 1. The van der Waals surface area contributed by atoms with E-state index in [9.17, 15) is 9.18 Å². The van der Waals surface area contributed by atoms with E-state index in [0.29, 0.717) is 31.8 Å². The highest BCUT2D eigenvalue weighted by Crippen LogP contribution is 2.41. The molecule has 0 spiro atoms. The first-order valence-electron chi connectivity index (χ1n) is 9.62. The van der Waals surface area contributed by atoms with E-state index < -0.39 is 11.7 Å². The van der Waals surface area contributed by atoms with E-state index in [1.165, 1.54) is 17.8 Å². The minimum absolute atomic E-state index is 0.0750. The minimum Gasteiger partial charge on any atom is -0.479 e. The number of likely N-dealkylation sites (N-methyl/N-ethyl adjacent to an activating group) is 1. The van der Waals surface area contributed by atoms with Gasteiger partial charge < -0.3 is 19.1 Å². The number of carbonyl (C=O) groups excluding carboxylic acids is 1. The van der Waals surface area contributed by atoms with E-state index in [1.807, 2.05) is 24.3 Å². The van der Waals surface area contributed by atoms with Crippen LogP contribution in [0.15, 0.2) is 46.2 Å². The Labute approximate surface area is 174 Å². The van der Waals surface area contributed by atoms with Gasteiger partial charge in [0, 0.05) is 50.0 Å². The zero-order valence-electron chi connectivity index (χ0n) is 16.7. The Balaban J connectivity index is 1.63. The Kier molecular flexibility index (Phi) is 5.55. The van der Waals surface area contributed by atoms with E-state index >= 15 is 0 Å². The minimum atomic E-state index is -0.524. The van der Waals surface area contributed by atoms with Crippen LogP contribution in [0.1, 0.15) is 25.3 Å². The molecule has 2 aromatic carbocycles. The fourth-order valence-corrected chi connectivity index (χ4v) is 4.83. The highest BCUT2D eigenvalue weighted by molar-refractivity contribution is 7.99. The van der Waals surface area contributed by atoms with Crippen LogP contribution < -0.4 is 9.64 Å². The summed E-state index contributed by atoms with van der Waals surface area (Å²) in [7, 11) is 3.41. The van der Waals surface area contributed by atoms with Crippen molar-refractivity contribution in [1.82, 2.24) is 0 Å². The topological polar surface area (TPSA) is 48.0 Å². The number of methoxy groups -OCH3 is 1. The summed E-state index contributed by atoms with van der Waals surface area (Å²) in [5, 5.41) is 0. The molecule has 0 saturated carbocycles. The summed E-state index contributed by atoms with van der Waals surface area (Å²) in [6.45, 7) is 2.93. The molecule has 0 aliphatic carbocycles. The van der Waals surface area contributed by atoms with Gasteiger partial charge in [-0.1, -0.05) is 11.8 Å². The van der Waals surface area contributed by atoms with Crippen LogP contribution >= 0.6 is 11.8 Å². The lowest BCUT2D eigenvalue weighted by atomic mass is 9.86. The number of amides is 1. The number of fused-ring (bicyclic) bond motifs is 1. The number of nitrogens with zero attached hydrogens (tertiary/aromatic N) is 1. The lowest BCUT2D eigenvalue weighted by molar-refractivity contribution is -0.125. The number of hydrogen-bond acceptors (Lipinski definition) is 5. The molecule has 0 radical (unpaired) electrons. The molecule has 1 saturated heterocycles. The number of benzene rings is 2. The van der Waals surface area contributed by atoms with E-state index in [2.05, 4.69) is 0 Å². The molecule has 154 valence electrons. The second kappa shape index (κ2) is 7.97.